The molecule has 0 N–H and O–H groups in total. The van der Waals surface area contributed by atoms with Gasteiger partial charge in [0.15, 0.2) is 0 Å². The van der Waals surface area contributed by atoms with E-state index >= 15 is 0 Å². The average Bonchev–Trinajstić information content (AvgIpc) is 2.37. The van der Waals surface area contributed by atoms with Crippen molar-refractivity contribution in [3.8, 4) is 5.75 Å². The number of carbonyl (C=O) groups excluding carboxylic acids is 1. The van der Waals surface area contributed by atoms with Gasteiger partial charge in [-0.25, -0.2) is 0 Å². The highest BCUT2D eigenvalue weighted by molar-refractivity contribution is 5.79. The third-order valence-electron chi connectivity index (χ3n) is 2.77. The predicted molar refractivity (Wildman–Crippen MR) is 73.8 cm³/mol. The largest absolute Gasteiger partial charge is 0.497 e. The number of nitrogens with zero attached hydrogens (tertiary/aromatic N) is 1. The third kappa shape index (κ3) is 3.76. The molecule has 3 nitrogen and oxygen atoms in total. The van der Waals surface area contributed by atoms with E-state index in [0.717, 1.165) is 5.75 Å². The van der Waals surface area contributed by atoms with Crippen molar-refractivity contribution in [1.82, 2.24) is 4.90 Å². The summed E-state index contributed by atoms with van der Waals surface area (Å²) in [6.45, 7) is 7.88. The molecule has 18 heavy (non-hydrogen) atoms. The zero-order valence-electron chi connectivity index (χ0n) is 12.8. The highest BCUT2D eigenvalue weighted by atomic mass is 16.5. The Labute approximate surface area is 111 Å². The Morgan fingerprint density at radius 3 is 2.11 bits per heavy atom. The Bertz CT molecular complexity index is 407. The monoisotopic (exact) mass is 250 g/mol. The molecule has 1 atom stereocenters. The number of methoxy groups -OCH3 is 1. The van der Waals surface area contributed by atoms with Crippen LogP contribution in [0.25, 0.3) is 0 Å². The Kier molecular flexibility index (Phi) is 4.62. The molecule has 0 bridgehead atoms. The molecular formula is C15H23NO2. The van der Waals surface area contributed by atoms with Crippen LogP contribution in [0, 0.1) is 0 Å². The summed E-state index contributed by atoms with van der Waals surface area (Å²) < 4.78 is 13.2. The van der Waals surface area contributed by atoms with Crippen molar-refractivity contribution < 1.29 is 10.9 Å². The van der Waals surface area contributed by atoms with Gasteiger partial charge in [0.25, 0.3) is 0 Å². The van der Waals surface area contributed by atoms with Crippen LogP contribution in [-0.2, 0) is 11.2 Å². The number of benzene rings is 1. The molecule has 1 amide bonds. The van der Waals surface area contributed by atoms with E-state index < -0.39 is 6.40 Å². The lowest BCUT2D eigenvalue weighted by molar-refractivity contribution is -0.134. The zero-order chi connectivity index (χ0) is 14.6. The molecule has 0 aliphatic carbocycles. The molecule has 1 aromatic rings. The molecule has 0 aliphatic rings. The van der Waals surface area contributed by atoms with E-state index in [9.17, 15) is 4.79 Å². The fraction of sp³-hybridized carbons (Fsp3) is 0.533. The number of carbonyl (C=O) groups is 1. The Morgan fingerprint density at radius 1 is 1.22 bits per heavy atom. The standard InChI is InChI=1S/C15H23NO2/c1-11(2)16(12(3)4)15(17)10-13-6-8-14(18-5)9-7-13/h6-9,11-12H,10H2,1-5H3/i10D. The minimum atomic E-state index is -0.879. The molecule has 0 fully saturated rings. The van der Waals surface area contributed by atoms with Crippen molar-refractivity contribution in [1.29, 1.82) is 0 Å². The van der Waals surface area contributed by atoms with Gasteiger partial charge in [0.05, 0.1) is 13.5 Å². The van der Waals surface area contributed by atoms with Gasteiger partial charge in [-0.1, -0.05) is 12.1 Å². The summed E-state index contributed by atoms with van der Waals surface area (Å²) in [6, 6.07) is 7.29. The highest BCUT2D eigenvalue weighted by Gasteiger charge is 2.19. The van der Waals surface area contributed by atoms with E-state index in [1.165, 1.54) is 0 Å². The second-order valence-electron chi connectivity index (χ2n) is 4.85. The molecule has 0 radical (unpaired) electrons. The molecule has 3 heteroatoms. The van der Waals surface area contributed by atoms with E-state index in [1.54, 1.807) is 36.3 Å². The van der Waals surface area contributed by atoms with Gasteiger partial charge in [-0.15, -0.1) is 0 Å². The maximum absolute atomic E-state index is 12.4. The van der Waals surface area contributed by atoms with Crippen LogP contribution in [0.1, 0.15) is 34.6 Å². The molecule has 0 aromatic heterocycles. The highest BCUT2D eigenvalue weighted by Crippen LogP contribution is 2.14. The lowest BCUT2D eigenvalue weighted by Crippen LogP contribution is -2.42. The minimum absolute atomic E-state index is 0.0959. The summed E-state index contributed by atoms with van der Waals surface area (Å²) in [5, 5.41) is 0. The maximum atomic E-state index is 12.4. The Morgan fingerprint density at radius 2 is 1.72 bits per heavy atom. The van der Waals surface area contributed by atoms with E-state index in [4.69, 9.17) is 6.11 Å². The Balaban J connectivity index is 2.91. The molecule has 0 saturated carbocycles. The average molecular weight is 250 g/mol. The second-order valence-corrected chi connectivity index (χ2v) is 4.85. The molecule has 1 rings (SSSR count). The van der Waals surface area contributed by atoms with Crippen LogP contribution in [0.2, 0.25) is 0 Å². The van der Waals surface area contributed by atoms with Gasteiger partial charge in [0, 0.05) is 13.5 Å². The van der Waals surface area contributed by atoms with E-state index in [0.29, 0.717) is 5.56 Å². The summed E-state index contributed by atoms with van der Waals surface area (Å²) in [5.41, 5.74) is 0.692. The van der Waals surface area contributed by atoms with Crippen LogP contribution < -0.4 is 4.74 Å². The summed E-state index contributed by atoms with van der Waals surface area (Å²) in [4.78, 5) is 14.1. The lowest BCUT2D eigenvalue weighted by atomic mass is 10.1. The molecule has 0 spiro atoms. The SMILES string of the molecule is [2H]C(C(=O)N(C(C)C)C(C)C)c1ccc(OC)cc1. The predicted octanol–water partition coefficient (Wildman–Crippen LogP) is 2.88. The summed E-state index contributed by atoms with van der Waals surface area (Å²) >= 11 is 0. The first-order valence-electron chi connectivity index (χ1n) is 6.84. The van der Waals surface area contributed by atoms with Crippen molar-refractivity contribution in [3.63, 3.8) is 0 Å². The molecule has 100 valence electrons. The van der Waals surface area contributed by atoms with Crippen LogP contribution >= 0.6 is 0 Å². The summed E-state index contributed by atoms with van der Waals surface area (Å²) in [7, 11) is 1.59. The summed E-state index contributed by atoms with van der Waals surface area (Å²) in [5.74, 6) is 0.572. The number of hydrogen-bond donors (Lipinski definition) is 0. The maximum Gasteiger partial charge on any atom is 0.227 e. The van der Waals surface area contributed by atoms with Crippen molar-refractivity contribution >= 4 is 5.91 Å². The molecule has 0 saturated heterocycles. The first-order chi connectivity index (χ1) is 8.88. The Hall–Kier alpha value is -1.51. The van der Waals surface area contributed by atoms with Crippen LogP contribution in [0.3, 0.4) is 0 Å². The van der Waals surface area contributed by atoms with E-state index in [2.05, 4.69) is 0 Å². The number of amides is 1. The van der Waals surface area contributed by atoms with Gasteiger partial charge < -0.3 is 9.64 Å². The first kappa shape index (κ1) is 12.9. The van der Waals surface area contributed by atoms with Crippen molar-refractivity contribution in [2.24, 2.45) is 0 Å². The fourth-order valence-corrected chi connectivity index (χ4v) is 2.02. The van der Waals surface area contributed by atoms with Crippen molar-refractivity contribution in [3.05, 3.63) is 29.8 Å². The van der Waals surface area contributed by atoms with Crippen molar-refractivity contribution in [2.45, 2.75) is 46.2 Å². The fourth-order valence-electron chi connectivity index (χ4n) is 2.02. The normalized spacial score (nSPS) is 13.4. The molecule has 0 heterocycles. The lowest BCUT2D eigenvalue weighted by Gasteiger charge is -2.30. The third-order valence-corrected chi connectivity index (χ3v) is 2.77. The number of rotatable bonds is 5. The number of hydrogen-bond acceptors (Lipinski definition) is 2. The second kappa shape index (κ2) is 6.43. The van der Waals surface area contributed by atoms with Gasteiger partial charge in [-0.2, -0.15) is 0 Å². The number of ether oxygens (including phenoxy) is 1. The summed E-state index contributed by atoms with van der Waals surface area (Å²) in [6.07, 6.45) is -0.879. The van der Waals surface area contributed by atoms with Crippen LogP contribution in [0.15, 0.2) is 24.3 Å². The van der Waals surface area contributed by atoms with E-state index in [-0.39, 0.29) is 18.0 Å². The van der Waals surface area contributed by atoms with E-state index in [1.807, 2.05) is 27.7 Å². The van der Waals surface area contributed by atoms with Gasteiger partial charge in [0.2, 0.25) is 5.91 Å². The molecule has 1 aromatic carbocycles. The van der Waals surface area contributed by atoms with Gasteiger partial charge in [-0.3, -0.25) is 4.79 Å². The molecular weight excluding hydrogens is 226 g/mol. The molecule has 0 aliphatic heterocycles. The van der Waals surface area contributed by atoms with Crippen LogP contribution in [0.4, 0.5) is 0 Å². The quantitative estimate of drug-likeness (QED) is 0.804. The smallest absolute Gasteiger partial charge is 0.227 e. The van der Waals surface area contributed by atoms with Gasteiger partial charge in [0.1, 0.15) is 5.75 Å². The van der Waals surface area contributed by atoms with Gasteiger partial charge in [-0.05, 0) is 45.4 Å². The van der Waals surface area contributed by atoms with Gasteiger partial charge >= 0.3 is 0 Å². The van der Waals surface area contributed by atoms with Crippen LogP contribution in [-0.4, -0.2) is 30.0 Å². The van der Waals surface area contributed by atoms with Crippen LogP contribution in [0.5, 0.6) is 5.75 Å². The minimum Gasteiger partial charge on any atom is -0.497 e. The molecule has 1 unspecified atom stereocenters. The topological polar surface area (TPSA) is 29.5 Å². The first-order valence-corrected chi connectivity index (χ1v) is 6.26. The zero-order valence-corrected chi connectivity index (χ0v) is 11.8. The van der Waals surface area contributed by atoms with Crippen molar-refractivity contribution in [2.75, 3.05) is 7.11 Å².